The lowest BCUT2D eigenvalue weighted by molar-refractivity contribution is -0.137. The largest absolute Gasteiger partial charge is 0.416 e. The van der Waals surface area contributed by atoms with Crippen molar-refractivity contribution in [3.8, 4) is 11.1 Å². The molecule has 0 saturated heterocycles. The number of hydrogen-bond acceptors (Lipinski definition) is 0. The molecule has 1 fully saturated rings. The highest BCUT2D eigenvalue weighted by atomic mass is 19.4. The van der Waals surface area contributed by atoms with E-state index in [4.69, 9.17) is 0 Å². The van der Waals surface area contributed by atoms with E-state index in [-0.39, 0.29) is 5.82 Å². The third-order valence-electron chi connectivity index (χ3n) is 7.29. The lowest BCUT2D eigenvalue weighted by atomic mass is 9.76. The van der Waals surface area contributed by atoms with Gasteiger partial charge in [-0.05, 0) is 66.2 Å². The predicted octanol–water partition coefficient (Wildman–Crippen LogP) is 9.91. The van der Waals surface area contributed by atoms with Crippen LogP contribution in [0.4, 0.5) is 17.6 Å². The third kappa shape index (κ3) is 5.59. The first-order valence-corrected chi connectivity index (χ1v) is 12.3. The Hall–Kier alpha value is -2.36. The molecule has 0 bridgehead atoms. The zero-order valence-electron chi connectivity index (χ0n) is 19.2. The SMILES string of the molecule is CCCCCCC1CCC(c2ccc3c(F)c(-c4ccc(C(F)(F)F)cc4)ccc3c2)CC1. The quantitative estimate of drug-likeness (QED) is 0.245. The molecular formula is C29H32F4. The molecule has 0 aromatic heterocycles. The Morgan fingerprint density at radius 3 is 2.21 bits per heavy atom. The number of benzene rings is 3. The fraction of sp³-hybridized carbons (Fsp3) is 0.448. The van der Waals surface area contributed by atoms with E-state index >= 15 is 4.39 Å². The van der Waals surface area contributed by atoms with Crippen molar-refractivity contribution in [1.82, 2.24) is 0 Å². The Bertz CT molecular complexity index is 1060. The maximum absolute atomic E-state index is 15.3. The van der Waals surface area contributed by atoms with Crippen LogP contribution >= 0.6 is 0 Å². The second-order valence-electron chi connectivity index (χ2n) is 9.55. The monoisotopic (exact) mass is 456 g/mol. The van der Waals surface area contributed by atoms with Crippen molar-refractivity contribution in [2.45, 2.75) is 76.8 Å². The molecule has 0 radical (unpaired) electrons. The maximum Gasteiger partial charge on any atom is 0.416 e. The first-order valence-electron chi connectivity index (χ1n) is 12.3. The minimum Gasteiger partial charge on any atom is -0.206 e. The number of unbranched alkanes of at least 4 members (excludes halogenated alkanes) is 3. The van der Waals surface area contributed by atoms with Crippen molar-refractivity contribution in [1.29, 1.82) is 0 Å². The number of fused-ring (bicyclic) bond motifs is 1. The molecule has 1 saturated carbocycles. The maximum atomic E-state index is 15.3. The predicted molar refractivity (Wildman–Crippen MR) is 128 cm³/mol. The zero-order chi connectivity index (χ0) is 23.4. The van der Waals surface area contributed by atoms with E-state index in [2.05, 4.69) is 13.0 Å². The molecule has 0 aliphatic heterocycles. The zero-order valence-corrected chi connectivity index (χ0v) is 19.2. The summed E-state index contributed by atoms with van der Waals surface area (Å²) >= 11 is 0. The average molecular weight is 457 g/mol. The van der Waals surface area contributed by atoms with E-state index in [9.17, 15) is 13.2 Å². The molecule has 33 heavy (non-hydrogen) atoms. The Labute approximate surface area is 194 Å². The molecule has 0 unspecified atom stereocenters. The van der Waals surface area contributed by atoms with Crippen molar-refractivity contribution >= 4 is 10.8 Å². The summed E-state index contributed by atoms with van der Waals surface area (Å²) in [7, 11) is 0. The summed E-state index contributed by atoms with van der Waals surface area (Å²) in [5, 5.41) is 1.36. The molecule has 1 aliphatic rings. The van der Waals surface area contributed by atoms with E-state index in [0.29, 0.717) is 22.4 Å². The third-order valence-corrected chi connectivity index (χ3v) is 7.29. The Morgan fingerprint density at radius 2 is 1.55 bits per heavy atom. The first kappa shape index (κ1) is 23.8. The summed E-state index contributed by atoms with van der Waals surface area (Å²) in [6.45, 7) is 2.25. The first-order chi connectivity index (χ1) is 15.9. The van der Waals surface area contributed by atoms with E-state index in [0.717, 1.165) is 23.4 Å². The van der Waals surface area contributed by atoms with E-state index in [1.165, 1.54) is 75.5 Å². The van der Waals surface area contributed by atoms with Gasteiger partial charge in [0.1, 0.15) is 5.82 Å². The number of alkyl halides is 3. The normalized spacial score (nSPS) is 19.2. The minimum atomic E-state index is -4.40. The van der Waals surface area contributed by atoms with Crippen LogP contribution in [0.3, 0.4) is 0 Å². The molecule has 0 nitrogen and oxygen atoms in total. The minimum absolute atomic E-state index is 0.326. The lowest BCUT2D eigenvalue weighted by Gasteiger charge is -2.29. The summed E-state index contributed by atoms with van der Waals surface area (Å²) < 4.78 is 53.8. The Morgan fingerprint density at radius 1 is 0.818 bits per heavy atom. The van der Waals surface area contributed by atoms with Gasteiger partial charge in [-0.25, -0.2) is 4.39 Å². The van der Waals surface area contributed by atoms with Crippen molar-refractivity contribution < 1.29 is 17.6 Å². The molecule has 0 N–H and O–H groups in total. The highest BCUT2D eigenvalue weighted by Crippen LogP contribution is 2.39. The molecule has 4 rings (SSSR count). The molecule has 0 heterocycles. The summed E-state index contributed by atoms with van der Waals surface area (Å²) in [4.78, 5) is 0. The molecule has 0 atom stereocenters. The van der Waals surface area contributed by atoms with Crippen LogP contribution in [0.25, 0.3) is 21.9 Å². The van der Waals surface area contributed by atoms with Crippen molar-refractivity contribution in [3.05, 3.63) is 71.5 Å². The number of rotatable bonds is 7. The number of halogens is 4. The van der Waals surface area contributed by atoms with Gasteiger partial charge < -0.3 is 0 Å². The van der Waals surface area contributed by atoms with Gasteiger partial charge in [-0.2, -0.15) is 13.2 Å². The van der Waals surface area contributed by atoms with Crippen LogP contribution in [0.2, 0.25) is 0 Å². The van der Waals surface area contributed by atoms with E-state index in [1.807, 2.05) is 18.2 Å². The van der Waals surface area contributed by atoms with Crippen LogP contribution in [0.5, 0.6) is 0 Å². The molecular weight excluding hydrogens is 424 g/mol. The summed E-state index contributed by atoms with van der Waals surface area (Å²) in [6.07, 6.45) is 7.19. The van der Waals surface area contributed by atoms with E-state index < -0.39 is 11.7 Å². The van der Waals surface area contributed by atoms with Gasteiger partial charge in [-0.15, -0.1) is 0 Å². The van der Waals surface area contributed by atoms with Crippen LogP contribution in [-0.4, -0.2) is 0 Å². The molecule has 3 aromatic carbocycles. The molecule has 0 spiro atoms. The fourth-order valence-corrected chi connectivity index (χ4v) is 5.27. The van der Waals surface area contributed by atoms with Gasteiger partial charge in [0, 0.05) is 10.9 Å². The van der Waals surface area contributed by atoms with Crippen molar-refractivity contribution in [2.24, 2.45) is 5.92 Å². The highest BCUT2D eigenvalue weighted by Gasteiger charge is 2.30. The van der Waals surface area contributed by atoms with Gasteiger partial charge in [0.05, 0.1) is 5.56 Å². The van der Waals surface area contributed by atoms with Crippen molar-refractivity contribution in [3.63, 3.8) is 0 Å². The standard InChI is InChI=1S/C29H32F4/c1-2-3-4-5-6-20-7-9-21(10-8-20)23-13-17-27-24(19-23)14-18-26(28(27)30)22-11-15-25(16-12-22)29(31,32)33/h11-21H,2-10H2,1H3. The molecule has 3 aromatic rings. The Kier molecular flexibility index (Phi) is 7.41. The summed E-state index contributed by atoms with van der Waals surface area (Å²) in [6, 6.07) is 14.2. The molecule has 1 aliphatic carbocycles. The molecule has 4 heteroatoms. The topological polar surface area (TPSA) is 0 Å². The summed E-state index contributed by atoms with van der Waals surface area (Å²) in [5.74, 6) is 0.996. The van der Waals surface area contributed by atoms with Crippen LogP contribution in [0.1, 0.15) is 81.8 Å². The highest BCUT2D eigenvalue weighted by molar-refractivity contribution is 5.89. The second kappa shape index (κ2) is 10.3. The van der Waals surface area contributed by atoms with Crippen LogP contribution in [-0.2, 0) is 6.18 Å². The fourth-order valence-electron chi connectivity index (χ4n) is 5.27. The number of hydrogen-bond donors (Lipinski definition) is 0. The van der Waals surface area contributed by atoms with Gasteiger partial charge in [0.15, 0.2) is 0 Å². The van der Waals surface area contributed by atoms with Gasteiger partial charge in [-0.1, -0.05) is 81.5 Å². The average Bonchev–Trinajstić information content (AvgIpc) is 2.82. The van der Waals surface area contributed by atoms with Gasteiger partial charge in [-0.3, -0.25) is 0 Å². The van der Waals surface area contributed by atoms with Crippen LogP contribution in [0.15, 0.2) is 54.6 Å². The van der Waals surface area contributed by atoms with Gasteiger partial charge in [0.25, 0.3) is 0 Å². The Balaban J connectivity index is 1.46. The van der Waals surface area contributed by atoms with Crippen molar-refractivity contribution in [2.75, 3.05) is 0 Å². The van der Waals surface area contributed by atoms with E-state index in [1.54, 1.807) is 6.07 Å². The van der Waals surface area contributed by atoms with Crippen LogP contribution < -0.4 is 0 Å². The van der Waals surface area contributed by atoms with Crippen LogP contribution in [0, 0.1) is 11.7 Å². The summed E-state index contributed by atoms with van der Waals surface area (Å²) in [5.41, 5.74) is 1.32. The lowest BCUT2D eigenvalue weighted by Crippen LogP contribution is -2.13. The molecule has 0 amide bonds. The van der Waals surface area contributed by atoms with Gasteiger partial charge in [0.2, 0.25) is 0 Å². The second-order valence-corrected chi connectivity index (χ2v) is 9.55. The smallest absolute Gasteiger partial charge is 0.206 e. The van der Waals surface area contributed by atoms with Gasteiger partial charge >= 0.3 is 6.18 Å². The molecule has 176 valence electrons.